The topological polar surface area (TPSA) is 95.1 Å². The Morgan fingerprint density at radius 3 is 2.55 bits per heavy atom. The number of likely N-dealkylation sites (tertiary alicyclic amines) is 1. The number of benzene rings is 1. The predicted octanol–water partition coefficient (Wildman–Crippen LogP) is 3.84. The molecule has 0 bridgehead atoms. The van der Waals surface area contributed by atoms with Gasteiger partial charge in [-0.3, -0.25) is 14.4 Å². The third-order valence-electron chi connectivity index (χ3n) is 9.62. The highest BCUT2D eigenvalue weighted by molar-refractivity contribution is 7.14. The van der Waals surface area contributed by atoms with Gasteiger partial charge in [-0.15, -0.1) is 11.3 Å². The summed E-state index contributed by atoms with van der Waals surface area (Å²) in [6.07, 6.45) is 6.73. The number of carbonyl (C=O) groups excluding carboxylic acids is 3. The van der Waals surface area contributed by atoms with E-state index in [2.05, 4.69) is 34.5 Å². The summed E-state index contributed by atoms with van der Waals surface area (Å²) in [6, 6.07) is 6.34. The molecule has 1 N–H and O–H groups in total. The van der Waals surface area contributed by atoms with Gasteiger partial charge in [-0.1, -0.05) is 44.7 Å². The van der Waals surface area contributed by atoms with Crippen LogP contribution in [0, 0.1) is 11.8 Å². The van der Waals surface area contributed by atoms with Crippen LogP contribution in [-0.4, -0.2) is 96.9 Å². The van der Waals surface area contributed by atoms with E-state index in [4.69, 9.17) is 9.72 Å². The zero-order valence-electron chi connectivity index (χ0n) is 24.8. The molecule has 4 fully saturated rings. The Morgan fingerprint density at radius 1 is 1.10 bits per heavy atom. The van der Waals surface area contributed by atoms with E-state index < -0.39 is 12.1 Å². The normalized spacial score (nSPS) is 26.0. The van der Waals surface area contributed by atoms with Crippen LogP contribution in [0.3, 0.4) is 0 Å². The number of hydrogen-bond donors (Lipinski definition) is 1. The Labute approximate surface area is 252 Å². The standard InChI is InChI=1S/C32H43N5O4S/c1-3-7-24-18-37(28-26(38)19-41-29(24)28)31(40)27(22-8-5-4-6-9-22)34-30(39)23-12-10-21(11-13-23)25-20-42-32(33-25)36-16-14-35(2)15-17-36/h10-13,20,22,24,27-29H,3-9,14-19H2,1-2H3,(H,34,39)/t24-,27-,28+,29+/m0/s1. The molecule has 1 aliphatic carbocycles. The molecule has 1 saturated carbocycles. The van der Waals surface area contributed by atoms with Crippen molar-refractivity contribution in [1.82, 2.24) is 20.1 Å². The summed E-state index contributed by atoms with van der Waals surface area (Å²) in [5.74, 6) is -0.171. The van der Waals surface area contributed by atoms with Crippen molar-refractivity contribution in [3.63, 3.8) is 0 Å². The fourth-order valence-corrected chi connectivity index (χ4v) is 8.08. The molecule has 2 aromatic rings. The molecule has 9 nitrogen and oxygen atoms in total. The number of thiazole rings is 1. The van der Waals surface area contributed by atoms with E-state index in [0.717, 1.165) is 87.5 Å². The summed E-state index contributed by atoms with van der Waals surface area (Å²) >= 11 is 1.65. The molecule has 6 rings (SSSR count). The molecular weight excluding hydrogens is 550 g/mol. The average Bonchev–Trinajstić information content (AvgIpc) is 3.75. The number of rotatable bonds is 8. The van der Waals surface area contributed by atoms with Gasteiger partial charge in [0, 0.05) is 55.1 Å². The molecule has 4 aliphatic rings. The maximum atomic E-state index is 14.1. The summed E-state index contributed by atoms with van der Waals surface area (Å²) in [5, 5.41) is 6.23. The van der Waals surface area contributed by atoms with Gasteiger partial charge >= 0.3 is 0 Å². The first-order valence-electron chi connectivity index (χ1n) is 15.7. The number of piperazine rings is 1. The number of ketones is 1. The van der Waals surface area contributed by atoms with E-state index in [-0.39, 0.29) is 42.1 Å². The van der Waals surface area contributed by atoms with E-state index in [9.17, 15) is 14.4 Å². The number of anilines is 1. The number of nitrogens with one attached hydrogen (secondary N) is 1. The summed E-state index contributed by atoms with van der Waals surface area (Å²) in [6.45, 7) is 6.73. The minimum Gasteiger partial charge on any atom is -0.367 e. The van der Waals surface area contributed by atoms with Crippen LogP contribution in [0.25, 0.3) is 11.3 Å². The van der Waals surface area contributed by atoms with E-state index in [1.165, 1.54) is 0 Å². The Bertz CT molecular complexity index is 1270. The summed E-state index contributed by atoms with van der Waals surface area (Å²) in [4.78, 5) is 51.8. The summed E-state index contributed by atoms with van der Waals surface area (Å²) in [5.41, 5.74) is 2.39. The van der Waals surface area contributed by atoms with Crippen LogP contribution in [0.5, 0.6) is 0 Å². The van der Waals surface area contributed by atoms with Crippen LogP contribution in [-0.2, 0) is 14.3 Å². The highest BCUT2D eigenvalue weighted by Crippen LogP contribution is 2.36. The lowest BCUT2D eigenvalue weighted by molar-refractivity contribution is -0.139. The predicted molar refractivity (Wildman–Crippen MR) is 164 cm³/mol. The summed E-state index contributed by atoms with van der Waals surface area (Å²) < 4.78 is 5.86. The van der Waals surface area contributed by atoms with Crippen LogP contribution in [0.1, 0.15) is 62.2 Å². The molecule has 0 radical (unpaired) electrons. The highest BCUT2D eigenvalue weighted by Gasteiger charge is 2.53. The largest absolute Gasteiger partial charge is 0.367 e. The van der Waals surface area contributed by atoms with E-state index in [1.54, 1.807) is 16.2 Å². The first-order valence-corrected chi connectivity index (χ1v) is 16.6. The van der Waals surface area contributed by atoms with E-state index in [0.29, 0.717) is 12.1 Å². The SMILES string of the molecule is CCC[C@H]1CN(C(=O)[C@@H](NC(=O)c2ccc(-c3csc(N4CCN(C)CC4)n3)cc2)C2CCCCC2)[C@@H]2C(=O)CO[C@H]12. The van der Waals surface area contributed by atoms with Gasteiger partial charge in [-0.05, 0) is 44.4 Å². The Balaban J connectivity index is 1.16. The second-order valence-corrected chi connectivity index (χ2v) is 13.3. The van der Waals surface area contributed by atoms with Crippen LogP contribution in [0.2, 0.25) is 0 Å². The minimum absolute atomic E-state index is 0.0194. The maximum absolute atomic E-state index is 14.1. The molecule has 2 amide bonds. The third kappa shape index (κ3) is 5.98. The Morgan fingerprint density at radius 2 is 1.83 bits per heavy atom. The van der Waals surface area contributed by atoms with Gasteiger partial charge in [0.05, 0.1) is 11.8 Å². The van der Waals surface area contributed by atoms with Crippen LogP contribution < -0.4 is 10.2 Å². The zero-order valence-corrected chi connectivity index (χ0v) is 25.6. The zero-order chi connectivity index (χ0) is 29.2. The van der Waals surface area contributed by atoms with Crippen molar-refractivity contribution >= 4 is 34.1 Å². The van der Waals surface area contributed by atoms with Crippen molar-refractivity contribution in [3.05, 3.63) is 35.2 Å². The molecule has 10 heteroatoms. The molecule has 226 valence electrons. The first-order chi connectivity index (χ1) is 20.4. The number of likely N-dealkylation sites (N-methyl/N-ethyl adjacent to an activating group) is 1. The van der Waals surface area contributed by atoms with Crippen LogP contribution >= 0.6 is 11.3 Å². The van der Waals surface area contributed by atoms with Crippen LogP contribution in [0.4, 0.5) is 5.13 Å². The van der Waals surface area contributed by atoms with Crippen molar-refractivity contribution in [2.24, 2.45) is 11.8 Å². The number of Topliss-reactive ketones (excluding diaryl/α,β-unsaturated/α-hetero) is 1. The van der Waals surface area contributed by atoms with Gasteiger partial charge in [-0.25, -0.2) is 4.98 Å². The fraction of sp³-hybridized carbons (Fsp3) is 0.625. The van der Waals surface area contributed by atoms with Crippen molar-refractivity contribution in [2.75, 3.05) is 51.3 Å². The molecule has 3 aliphatic heterocycles. The van der Waals surface area contributed by atoms with Crippen molar-refractivity contribution < 1.29 is 19.1 Å². The molecule has 3 saturated heterocycles. The average molecular weight is 594 g/mol. The summed E-state index contributed by atoms with van der Waals surface area (Å²) in [7, 11) is 2.14. The molecule has 42 heavy (non-hydrogen) atoms. The fourth-order valence-electron chi connectivity index (χ4n) is 7.19. The number of fused-ring (bicyclic) bond motifs is 1. The lowest BCUT2D eigenvalue weighted by atomic mass is 9.83. The lowest BCUT2D eigenvalue weighted by Crippen LogP contribution is -2.55. The van der Waals surface area contributed by atoms with Gasteiger partial charge in [-0.2, -0.15) is 0 Å². The van der Waals surface area contributed by atoms with Gasteiger partial charge in [0.2, 0.25) is 5.91 Å². The number of nitrogens with zero attached hydrogens (tertiary/aromatic N) is 4. The second-order valence-electron chi connectivity index (χ2n) is 12.5. The molecule has 1 aromatic carbocycles. The number of ether oxygens (including phenoxy) is 1. The lowest BCUT2D eigenvalue weighted by Gasteiger charge is -2.34. The molecule has 1 aromatic heterocycles. The van der Waals surface area contributed by atoms with Crippen molar-refractivity contribution in [3.8, 4) is 11.3 Å². The van der Waals surface area contributed by atoms with E-state index in [1.807, 2.05) is 24.3 Å². The first kappa shape index (κ1) is 29.3. The quantitative estimate of drug-likeness (QED) is 0.497. The number of carbonyl (C=O) groups is 3. The van der Waals surface area contributed by atoms with Gasteiger partial charge in [0.1, 0.15) is 18.7 Å². The maximum Gasteiger partial charge on any atom is 0.251 e. The van der Waals surface area contributed by atoms with Gasteiger partial charge < -0.3 is 24.8 Å². The molecule has 0 unspecified atom stereocenters. The highest BCUT2D eigenvalue weighted by atomic mass is 32.1. The molecule has 4 atom stereocenters. The van der Waals surface area contributed by atoms with Gasteiger partial charge in [0.25, 0.3) is 5.91 Å². The monoisotopic (exact) mass is 593 g/mol. The smallest absolute Gasteiger partial charge is 0.251 e. The Kier molecular flexibility index (Phi) is 8.93. The number of amides is 2. The molecular formula is C32H43N5O4S. The van der Waals surface area contributed by atoms with E-state index >= 15 is 0 Å². The number of aromatic nitrogens is 1. The van der Waals surface area contributed by atoms with Crippen molar-refractivity contribution in [2.45, 2.75) is 70.1 Å². The van der Waals surface area contributed by atoms with Crippen molar-refractivity contribution in [1.29, 1.82) is 0 Å². The second kappa shape index (κ2) is 12.8. The van der Waals surface area contributed by atoms with Crippen LogP contribution in [0.15, 0.2) is 29.6 Å². The van der Waals surface area contributed by atoms with Gasteiger partial charge in [0.15, 0.2) is 10.9 Å². The molecule has 4 heterocycles. The third-order valence-corrected chi connectivity index (χ3v) is 10.5. The minimum atomic E-state index is -0.642. The Hall–Kier alpha value is -2.82. The molecule has 0 spiro atoms. The number of hydrogen-bond acceptors (Lipinski definition) is 8.